The van der Waals surface area contributed by atoms with Crippen LogP contribution in [0.5, 0.6) is 0 Å². The molecule has 0 spiro atoms. The molecule has 0 unspecified atom stereocenters. The molecule has 2 aromatic carbocycles. The molecule has 0 amide bonds. The van der Waals surface area contributed by atoms with E-state index in [1.807, 2.05) is 18.2 Å². The summed E-state index contributed by atoms with van der Waals surface area (Å²) in [7, 11) is 1.76. The molecule has 4 heteroatoms. The lowest BCUT2D eigenvalue weighted by Gasteiger charge is -2.08. The highest BCUT2D eigenvalue weighted by atomic mass is 35.7. The summed E-state index contributed by atoms with van der Waals surface area (Å²) < 4.78 is 23.3. The summed E-state index contributed by atoms with van der Waals surface area (Å²) >= 11 is 0. The van der Waals surface area contributed by atoms with Gasteiger partial charge >= 0.3 is 0 Å². The van der Waals surface area contributed by atoms with Gasteiger partial charge in [-0.2, -0.15) is 0 Å². The normalized spacial score (nSPS) is 11.6. The van der Waals surface area contributed by atoms with Crippen molar-refractivity contribution in [1.29, 1.82) is 0 Å². The Kier molecular flexibility index (Phi) is 3.22. The van der Waals surface area contributed by atoms with Crippen molar-refractivity contribution in [2.45, 2.75) is 11.3 Å². The first-order valence-electron chi connectivity index (χ1n) is 5.10. The van der Waals surface area contributed by atoms with E-state index in [9.17, 15) is 8.42 Å². The highest BCUT2D eigenvalue weighted by Gasteiger charge is 2.18. The second-order valence-corrected chi connectivity index (χ2v) is 6.21. The van der Waals surface area contributed by atoms with Crippen LogP contribution in [0.15, 0.2) is 53.9 Å². The Labute approximate surface area is 105 Å². The molecule has 0 heterocycles. The van der Waals surface area contributed by atoms with Gasteiger partial charge in [-0.25, -0.2) is 8.42 Å². The predicted molar refractivity (Wildman–Crippen MR) is 70.9 cm³/mol. The van der Waals surface area contributed by atoms with Crippen molar-refractivity contribution in [1.82, 2.24) is 0 Å². The van der Waals surface area contributed by atoms with Crippen LogP contribution in [0.4, 0.5) is 0 Å². The van der Waals surface area contributed by atoms with Gasteiger partial charge in [0.2, 0.25) is 0 Å². The number of allylic oxidation sites excluding steroid dienone is 1. The number of hydrogen-bond donors (Lipinski definition) is 0. The fourth-order valence-electron chi connectivity index (χ4n) is 1.89. The molecule has 0 fully saturated rings. The van der Waals surface area contributed by atoms with Crippen molar-refractivity contribution in [3.8, 4) is 0 Å². The number of fused-ring (bicyclic) bond motifs is 1. The molecule has 0 saturated carbocycles. The van der Waals surface area contributed by atoms with Gasteiger partial charge in [-0.1, -0.05) is 42.5 Å². The Balaban J connectivity index is 2.89. The lowest BCUT2D eigenvalue weighted by atomic mass is 10.0. The summed E-state index contributed by atoms with van der Waals surface area (Å²) in [6, 6.07) is 10.9. The topological polar surface area (TPSA) is 34.1 Å². The van der Waals surface area contributed by atoms with E-state index in [1.165, 1.54) is 0 Å². The van der Waals surface area contributed by atoms with Gasteiger partial charge in [-0.3, -0.25) is 0 Å². The van der Waals surface area contributed by atoms with Crippen LogP contribution < -0.4 is 0 Å². The maximum atomic E-state index is 11.7. The average Bonchev–Trinajstić information content (AvgIpc) is 2.27. The molecule has 0 aliphatic rings. The van der Waals surface area contributed by atoms with Gasteiger partial charge in [-0.05, 0) is 17.4 Å². The molecule has 0 aliphatic carbocycles. The van der Waals surface area contributed by atoms with Gasteiger partial charge in [-0.15, -0.1) is 6.58 Å². The van der Waals surface area contributed by atoms with Crippen LogP contribution in [-0.4, -0.2) is 8.42 Å². The minimum Gasteiger partial charge on any atom is -0.207 e. The zero-order chi connectivity index (χ0) is 12.5. The summed E-state index contributed by atoms with van der Waals surface area (Å²) in [5.74, 6) is 0. The van der Waals surface area contributed by atoms with Gasteiger partial charge in [0.25, 0.3) is 9.05 Å². The van der Waals surface area contributed by atoms with E-state index in [0.29, 0.717) is 17.4 Å². The molecule has 17 heavy (non-hydrogen) atoms. The summed E-state index contributed by atoms with van der Waals surface area (Å²) in [5.41, 5.74) is 0.675. The largest absolute Gasteiger partial charge is 0.262 e. The quantitative estimate of drug-likeness (QED) is 0.629. The number of benzene rings is 2. The summed E-state index contributed by atoms with van der Waals surface area (Å²) in [4.78, 5) is 0.192. The van der Waals surface area contributed by atoms with Gasteiger partial charge in [0.15, 0.2) is 0 Å². The molecular formula is C13H11ClO2S. The van der Waals surface area contributed by atoms with Gasteiger partial charge in [0.05, 0.1) is 4.90 Å². The Morgan fingerprint density at radius 2 is 1.88 bits per heavy atom. The zero-order valence-electron chi connectivity index (χ0n) is 9.06. The van der Waals surface area contributed by atoms with Crippen LogP contribution in [-0.2, 0) is 15.5 Å². The second kappa shape index (κ2) is 4.51. The molecule has 2 aromatic rings. The summed E-state index contributed by atoms with van der Waals surface area (Å²) in [6.45, 7) is 3.62. The van der Waals surface area contributed by atoms with Crippen LogP contribution >= 0.6 is 10.7 Å². The van der Waals surface area contributed by atoms with E-state index in [-0.39, 0.29) is 4.90 Å². The fourth-order valence-corrected chi connectivity index (χ4v) is 3.35. The molecule has 0 aromatic heterocycles. The standard InChI is InChI=1S/C13H11ClO2S/c1-2-5-11-9-8-10-6-3-4-7-12(10)13(11)17(14,15)16/h2-4,6-9H,1,5H2. The third kappa shape index (κ3) is 2.35. The van der Waals surface area contributed by atoms with Crippen molar-refractivity contribution in [3.05, 3.63) is 54.6 Å². The average molecular weight is 267 g/mol. The van der Waals surface area contributed by atoms with E-state index < -0.39 is 9.05 Å². The van der Waals surface area contributed by atoms with E-state index in [0.717, 1.165) is 5.39 Å². The van der Waals surface area contributed by atoms with Gasteiger partial charge in [0.1, 0.15) is 0 Å². The number of rotatable bonds is 3. The summed E-state index contributed by atoms with van der Waals surface area (Å²) in [6.07, 6.45) is 2.14. The van der Waals surface area contributed by atoms with Gasteiger partial charge < -0.3 is 0 Å². The van der Waals surface area contributed by atoms with Crippen LogP contribution in [0.25, 0.3) is 10.8 Å². The highest BCUT2D eigenvalue weighted by Crippen LogP contribution is 2.29. The van der Waals surface area contributed by atoms with Gasteiger partial charge in [0, 0.05) is 16.1 Å². The summed E-state index contributed by atoms with van der Waals surface area (Å²) in [5, 5.41) is 1.52. The third-order valence-corrected chi connectivity index (χ3v) is 4.00. The number of hydrogen-bond acceptors (Lipinski definition) is 2. The van der Waals surface area contributed by atoms with Crippen LogP contribution in [0.1, 0.15) is 5.56 Å². The molecule has 2 nitrogen and oxygen atoms in total. The highest BCUT2D eigenvalue weighted by molar-refractivity contribution is 8.14. The molecule has 88 valence electrons. The molecule has 0 atom stereocenters. The third-order valence-electron chi connectivity index (χ3n) is 2.57. The van der Waals surface area contributed by atoms with Crippen molar-refractivity contribution in [3.63, 3.8) is 0 Å². The van der Waals surface area contributed by atoms with Crippen LogP contribution in [0, 0.1) is 0 Å². The second-order valence-electron chi connectivity index (χ2n) is 3.71. The smallest absolute Gasteiger partial charge is 0.207 e. The molecule has 0 radical (unpaired) electrons. The number of halogens is 1. The van der Waals surface area contributed by atoms with E-state index in [2.05, 4.69) is 6.58 Å². The first-order valence-corrected chi connectivity index (χ1v) is 7.41. The Bertz CT molecular complexity index is 675. The molecule has 0 aliphatic heterocycles. The Morgan fingerprint density at radius 1 is 1.18 bits per heavy atom. The zero-order valence-corrected chi connectivity index (χ0v) is 10.6. The minimum atomic E-state index is -3.76. The van der Waals surface area contributed by atoms with Crippen LogP contribution in [0.3, 0.4) is 0 Å². The molecule has 2 rings (SSSR count). The Morgan fingerprint density at radius 3 is 2.53 bits per heavy atom. The minimum absolute atomic E-state index is 0.192. The van der Waals surface area contributed by atoms with Crippen molar-refractivity contribution < 1.29 is 8.42 Å². The first kappa shape index (κ1) is 12.1. The molecule has 0 saturated heterocycles. The molecular weight excluding hydrogens is 256 g/mol. The van der Waals surface area contributed by atoms with Crippen molar-refractivity contribution in [2.24, 2.45) is 0 Å². The van der Waals surface area contributed by atoms with E-state index in [1.54, 1.807) is 24.3 Å². The Hall–Kier alpha value is -1.32. The SMILES string of the molecule is C=CCc1ccc2ccccc2c1S(=O)(=O)Cl. The van der Waals surface area contributed by atoms with Crippen LogP contribution in [0.2, 0.25) is 0 Å². The lowest BCUT2D eigenvalue weighted by molar-refractivity contribution is 0.609. The lowest BCUT2D eigenvalue weighted by Crippen LogP contribution is -1.98. The maximum absolute atomic E-state index is 11.7. The predicted octanol–water partition coefficient (Wildman–Crippen LogP) is 3.50. The van der Waals surface area contributed by atoms with E-state index >= 15 is 0 Å². The van der Waals surface area contributed by atoms with Crippen molar-refractivity contribution >= 4 is 30.5 Å². The fraction of sp³-hybridized carbons (Fsp3) is 0.0769. The maximum Gasteiger partial charge on any atom is 0.262 e. The first-order chi connectivity index (χ1) is 8.04. The molecule has 0 N–H and O–H groups in total. The van der Waals surface area contributed by atoms with E-state index in [4.69, 9.17) is 10.7 Å². The molecule has 0 bridgehead atoms. The monoisotopic (exact) mass is 266 g/mol. The van der Waals surface area contributed by atoms with Crippen molar-refractivity contribution in [2.75, 3.05) is 0 Å².